The number of benzene rings is 1. The van der Waals surface area contributed by atoms with Gasteiger partial charge in [0, 0.05) is 37.6 Å². The zero-order chi connectivity index (χ0) is 17.8. The van der Waals surface area contributed by atoms with Gasteiger partial charge in [-0.3, -0.25) is 4.99 Å². The molecule has 2 unspecified atom stereocenters. The van der Waals surface area contributed by atoms with Crippen LogP contribution in [0.25, 0.3) is 0 Å². The van der Waals surface area contributed by atoms with Crippen LogP contribution in [-0.2, 0) is 0 Å². The number of likely N-dealkylation sites (tertiary alicyclic amines) is 1. The molecule has 4 N–H and O–H groups in total. The number of nitrogens with one attached hydrogen (secondary N) is 2. The minimum Gasteiger partial charge on any atom is -0.354 e. The normalized spacial score (nSPS) is 24.1. The predicted octanol–water partition coefficient (Wildman–Crippen LogP) is 1.78. The molecule has 3 rings (SSSR count). The average molecular weight is 347 g/mol. The monoisotopic (exact) mass is 347 g/mol. The van der Waals surface area contributed by atoms with Gasteiger partial charge in [0.15, 0.2) is 5.96 Å². The quantitative estimate of drug-likeness (QED) is 0.573. The van der Waals surface area contributed by atoms with E-state index in [-0.39, 0.29) is 29.8 Å². The summed E-state index contributed by atoms with van der Waals surface area (Å²) < 4.78 is 13.9. The Labute approximate surface area is 147 Å². The lowest BCUT2D eigenvalue weighted by molar-refractivity contribution is 0.188. The molecule has 6 nitrogen and oxygen atoms in total. The van der Waals surface area contributed by atoms with Gasteiger partial charge in [0.1, 0.15) is 5.82 Å². The van der Waals surface area contributed by atoms with Crippen LogP contribution in [0.1, 0.15) is 37.7 Å². The molecule has 1 saturated heterocycles. The number of nitrogens with two attached hydrogens (primary N) is 1. The van der Waals surface area contributed by atoms with Crippen LogP contribution >= 0.6 is 0 Å². The summed E-state index contributed by atoms with van der Waals surface area (Å²) in [6.07, 6.45) is 2.59. The van der Waals surface area contributed by atoms with E-state index in [4.69, 9.17) is 5.73 Å². The number of carbonyl (C=O) groups is 1. The van der Waals surface area contributed by atoms with Crippen molar-refractivity contribution in [1.29, 1.82) is 0 Å². The number of rotatable bonds is 4. The van der Waals surface area contributed by atoms with Gasteiger partial charge < -0.3 is 21.3 Å². The Morgan fingerprint density at radius 3 is 2.68 bits per heavy atom. The molecule has 1 aliphatic carbocycles. The number of hydrogen-bond donors (Lipinski definition) is 3. The third kappa shape index (κ3) is 4.41. The van der Waals surface area contributed by atoms with Gasteiger partial charge in [-0.05, 0) is 37.8 Å². The highest BCUT2D eigenvalue weighted by Gasteiger charge is 2.40. The standard InChI is InChI=1S/C18H26FN5O/c1-2-21-18(22-12-7-9-24(10-8-12)17(20)25)23-16-11-14(16)13-5-3-4-6-15(13)19/h3-6,12,14,16H,2,7-11H2,1H3,(H2,20,25)(H2,21,22,23). The topological polar surface area (TPSA) is 82.8 Å². The van der Waals surface area contributed by atoms with Gasteiger partial charge in [0.25, 0.3) is 0 Å². The first-order valence-electron chi connectivity index (χ1n) is 8.94. The van der Waals surface area contributed by atoms with Crippen molar-refractivity contribution in [2.24, 2.45) is 10.7 Å². The number of amides is 2. The SMILES string of the molecule is CCN=C(NC1CCN(C(N)=O)CC1)NC1CC1c1ccccc1F. The van der Waals surface area contributed by atoms with Crippen molar-refractivity contribution in [3.63, 3.8) is 0 Å². The molecule has 1 heterocycles. The number of piperidine rings is 1. The highest BCUT2D eigenvalue weighted by atomic mass is 19.1. The Bertz CT molecular complexity index is 642. The Hall–Kier alpha value is -2.31. The summed E-state index contributed by atoms with van der Waals surface area (Å²) in [6, 6.07) is 7.07. The average Bonchev–Trinajstić information content (AvgIpc) is 3.35. The first-order chi connectivity index (χ1) is 12.1. The minimum absolute atomic E-state index is 0.141. The lowest BCUT2D eigenvalue weighted by atomic mass is 10.1. The minimum atomic E-state index is -0.357. The molecular formula is C18H26FN5O. The number of aliphatic imine (C=N–C) groups is 1. The summed E-state index contributed by atoms with van der Waals surface area (Å²) in [7, 11) is 0. The summed E-state index contributed by atoms with van der Waals surface area (Å²) in [5, 5.41) is 6.86. The molecule has 1 aliphatic heterocycles. The number of guanidine groups is 1. The third-order valence-corrected chi connectivity index (χ3v) is 4.88. The maximum atomic E-state index is 13.9. The number of halogens is 1. The molecule has 0 bridgehead atoms. The number of carbonyl (C=O) groups excluding carboxylic acids is 1. The van der Waals surface area contributed by atoms with Crippen LogP contribution in [-0.4, -0.2) is 48.6 Å². The first-order valence-corrected chi connectivity index (χ1v) is 8.94. The number of nitrogens with zero attached hydrogens (tertiary/aromatic N) is 2. The second kappa shape index (κ2) is 7.72. The summed E-state index contributed by atoms with van der Waals surface area (Å²) in [5.41, 5.74) is 6.09. The van der Waals surface area contributed by atoms with Crippen LogP contribution < -0.4 is 16.4 Å². The van der Waals surface area contributed by atoms with Crippen molar-refractivity contribution in [3.8, 4) is 0 Å². The van der Waals surface area contributed by atoms with Crippen molar-refractivity contribution in [2.45, 2.75) is 44.2 Å². The summed E-state index contributed by atoms with van der Waals surface area (Å²) >= 11 is 0. The van der Waals surface area contributed by atoms with Gasteiger partial charge in [0.05, 0.1) is 0 Å². The van der Waals surface area contributed by atoms with E-state index in [1.54, 1.807) is 11.0 Å². The third-order valence-electron chi connectivity index (χ3n) is 4.88. The Morgan fingerprint density at radius 2 is 2.04 bits per heavy atom. The van der Waals surface area contributed by atoms with Gasteiger partial charge >= 0.3 is 6.03 Å². The second-order valence-corrected chi connectivity index (χ2v) is 6.68. The molecule has 1 saturated carbocycles. The lowest BCUT2D eigenvalue weighted by Gasteiger charge is -2.32. The summed E-state index contributed by atoms with van der Waals surface area (Å²) in [5.74, 6) is 0.822. The molecule has 1 aromatic carbocycles. The Kier molecular flexibility index (Phi) is 5.40. The van der Waals surface area contributed by atoms with Gasteiger partial charge in [-0.1, -0.05) is 18.2 Å². The van der Waals surface area contributed by atoms with Gasteiger partial charge in [-0.15, -0.1) is 0 Å². The highest BCUT2D eigenvalue weighted by molar-refractivity contribution is 5.81. The number of urea groups is 1. The molecule has 25 heavy (non-hydrogen) atoms. The van der Waals surface area contributed by atoms with Crippen LogP contribution in [0.15, 0.2) is 29.3 Å². The zero-order valence-electron chi connectivity index (χ0n) is 14.5. The van der Waals surface area contributed by atoms with E-state index in [2.05, 4.69) is 15.6 Å². The van der Waals surface area contributed by atoms with Crippen molar-refractivity contribution >= 4 is 12.0 Å². The molecule has 2 aliphatic rings. The fraction of sp³-hybridized carbons (Fsp3) is 0.556. The molecule has 0 aromatic heterocycles. The first kappa shape index (κ1) is 17.5. The van der Waals surface area contributed by atoms with Crippen LogP contribution in [0, 0.1) is 5.82 Å². The fourth-order valence-electron chi connectivity index (χ4n) is 3.38. The van der Waals surface area contributed by atoms with Crippen molar-refractivity contribution in [1.82, 2.24) is 15.5 Å². The molecule has 0 spiro atoms. The largest absolute Gasteiger partial charge is 0.354 e. The van der Waals surface area contributed by atoms with Gasteiger partial charge in [0.2, 0.25) is 0 Å². The van der Waals surface area contributed by atoms with Crippen LogP contribution in [0.4, 0.5) is 9.18 Å². The molecule has 2 fully saturated rings. The fourth-order valence-corrected chi connectivity index (χ4v) is 3.38. The molecular weight excluding hydrogens is 321 g/mol. The molecule has 0 radical (unpaired) electrons. The van der Waals surface area contributed by atoms with Gasteiger partial charge in [-0.25, -0.2) is 9.18 Å². The van der Waals surface area contributed by atoms with Crippen LogP contribution in [0.5, 0.6) is 0 Å². The summed E-state index contributed by atoms with van der Waals surface area (Å²) in [4.78, 5) is 17.4. The van der Waals surface area contributed by atoms with Crippen LogP contribution in [0.2, 0.25) is 0 Å². The van der Waals surface area contributed by atoms with Crippen molar-refractivity contribution in [2.75, 3.05) is 19.6 Å². The number of primary amides is 1. The lowest BCUT2D eigenvalue weighted by Crippen LogP contribution is -2.51. The van der Waals surface area contributed by atoms with Crippen molar-refractivity contribution < 1.29 is 9.18 Å². The maximum Gasteiger partial charge on any atom is 0.314 e. The van der Waals surface area contributed by atoms with E-state index in [0.717, 1.165) is 30.8 Å². The van der Waals surface area contributed by atoms with E-state index in [1.165, 1.54) is 6.07 Å². The van der Waals surface area contributed by atoms with Gasteiger partial charge in [-0.2, -0.15) is 0 Å². The van der Waals surface area contributed by atoms with E-state index < -0.39 is 0 Å². The maximum absolute atomic E-state index is 13.9. The molecule has 7 heteroatoms. The Morgan fingerprint density at radius 1 is 1.32 bits per heavy atom. The molecule has 136 valence electrons. The zero-order valence-corrected chi connectivity index (χ0v) is 14.5. The molecule has 1 aromatic rings. The van der Waals surface area contributed by atoms with Crippen molar-refractivity contribution in [3.05, 3.63) is 35.6 Å². The van der Waals surface area contributed by atoms with E-state index in [9.17, 15) is 9.18 Å². The molecule has 2 atom stereocenters. The van der Waals surface area contributed by atoms with Crippen LogP contribution in [0.3, 0.4) is 0 Å². The smallest absolute Gasteiger partial charge is 0.314 e. The van der Waals surface area contributed by atoms with E-state index >= 15 is 0 Å². The predicted molar refractivity (Wildman–Crippen MR) is 96.0 cm³/mol. The van der Waals surface area contributed by atoms with E-state index in [1.807, 2.05) is 19.1 Å². The second-order valence-electron chi connectivity index (χ2n) is 6.68. The summed E-state index contributed by atoms with van der Waals surface area (Å²) in [6.45, 7) is 3.98. The number of hydrogen-bond acceptors (Lipinski definition) is 2. The highest BCUT2D eigenvalue weighted by Crippen LogP contribution is 2.41. The Balaban J connectivity index is 1.53. The molecule has 2 amide bonds. The van der Waals surface area contributed by atoms with E-state index in [0.29, 0.717) is 19.6 Å².